The summed E-state index contributed by atoms with van der Waals surface area (Å²) in [6.45, 7) is 3.02. The predicted molar refractivity (Wildman–Crippen MR) is 89.8 cm³/mol. The summed E-state index contributed by atoms with van der Waals surface area (Å²) in [6.07, 6.45) is 1.06. The number of aryl methyl sites for hydroxylation is 1. The quantitative estimate of drug-likeness (QED) is 0.822. The molecule has 1 aromatic rings. The van der Waals surface area contributed by atoms with Crippen molar-refractivity contribution >= 4 is 23.4 Å². The molecule has 2 aliphatic rings. The number of likely N-dealkylation sites (N-methyl/N-ethyl adjacent to an activating group) is 1. The number of hydrogen-bond acceptors (Lipinski definition) is 4. The molecular weight excluding hydrogens is 308 g/mol. The Hall–Kier alpha value is -2.41. The lowest BCUT2D eigenvalue weighted by molar-refractivity contribution is -0.132. The summed E-state index contributed by atoms with van der Waals surface area (Å²) < 4.78 is 0. The zero-order valence-corrected chi connectivity index (χ0v) is 13.8. The second-order valence-electron chi connectivity index (χ2n) is 6.21. The molecule has 0 aromatic heterocycles. The Bertz CT molecular complexity index is 668. The lowest BCUT2D eigenvalue weighted by Gasteiger charge is -2.29. The zero-order valence-electron chi connectivity index (χ0n) is 13.8. The van der Waals surface area contributed by atoms with Crippen molar-refractivity contribution in [1.82, 2.24) is 15.1 Å². The molecule has 3 amide bonds. The van der Waals surface area contributed by atoms with Gasteiger partial charge in [0, 0.05) is 50.9 Å². The zero-order chi connectivity index (χ0) is 17.1. The van der Waals surface area contributed by atoms with Gasteiger partial charge in [-0.05, 0) is 30.2 Å². The third-order valence-corrected chi connectivity index (χ3v) is 4.44. The topological polar surface area (TPSA) is 81.8 Å². The van der Waals surface area contributed by atoms with E-state index in [-0.39, 0.29) is 24.3 Å². The van der Waals surface area contributed by atoms with E-state index in [9.17, 15) is 14.4 Å². The maximum Gasteiger partial charge on any atom is 0.254 e. The first kappa shape index (κ1) is 16.4. The Labute approximate surface area is 141 Å². The van der Waals surface area contributed by atoms with Crippen molar-refractivity contribution in [2.75, 3.05) is 45.1 Å². The van der Waals surface area contributed by atoms with Crippen molar-refractivity contribution in [2.45, 2.75) is 12.8 Å². The van der Waals surface area contributed by atoms with Crippen LogP contribution in [0.25, 0.3) is 0 Å². The van der Waals surface area contributed by atoms with E-state index in [0.29, 0.717) is 31.5 Å². The average Bonchev–Trinajstić information content (AvgIpc) is 2.61. The number of fused-ring (bicyclic) bond motifs is 1. The van der Waals surface area contributed by atoms with Gasteiger partial charge in [0.05, 0.1) is 6.54 Å². The van der Waals surface area contributed by atoms with Crippen LogP contribution in [0.1, 0.15) is 22.3 Å². The maximum atomic E-state index is 12.6. The summed E-state index contributed by atoms with van der Waals surface area (Å²) in [4.78, 5) is 39.5. The van der Waals surface area contributed by atoms with Gasteiger partial charge in [-0.1, -0.05) is 0 Å². The fourth-order valence-electron chi connectivity index (χ4n) is 3.03. The third kappa shape index (κ3) is 3.56. The number of anilines is 1. The fraction of sp³-hybridized carbons (Fsp3) is 0.471. The van der Waals surface area contributed by atoms with Crippen LogP contribution in [-0.2, 0) is 16.0 Å². The molecular formula is C17H22N4O3. The van der Waals surface area contributed by atoms with E-state index >= 15 is 0 Å². The lowest BCUT2D eigenvalue weighted by Crippen LogP contribution is -2.49. The first-order valence-electron chi connectivity index (χ1n) is 8.21. The lowest BCUT2D eigenvalue weighted by atomic mass is 10.00. The van der Waals surface area contributed by atoms with Gasteiger partial charge in [-0.3, -0.25) is 14.4 Å². The molecule has 0 bridgehead atoms. The Morgan fingerprint density at radius 1 is 1.21 bits per heavy atom. The molecule has 1 saturated heterocycles. The monoisotopic (exact) mass is 330 g/mol. The molecule has 0 aliphatic carbocycles. The van der Waals surface area contributed by atoms with Gasteiger partial charge >= 0.3 is 0 Å². The summed E-state index contributed by atoms with van der Waals surface area (Å²) in [5.41, 5.74) is 2.27. The number of carbonyl (C=O) groups is 3. The van der Waals surface area contributed by atoms with Crippen LogP contribution in [0.4, 0.5) is 5.69 Å². The van der Waals surface area contributed by atoms with Crippen molar-refractivity contribution in [1.29, 1.82) is 0 Å². The highest BCUT2D eigenvalue weighted by Gasteiger charge is 2.22. The van der Waals surface area contributed by atoms with Gasteiger partial charge in [-0.25, -0.2) is 0 Å². The molecule has 3 rings (SSSR count). The minimum Gasteiger partial charge on any atom is -0.339 e. The molecule has 24 heavy (non-hydrogen) atoms. The standard InChI is InChI=1S/C17H22N4O3/c1-20(11-16(23)21-8-6-18-7-9-21)17(24)13-2-4-14-12(10-13)3-5-15(22)19-14/h2,4,10,18H,3,5-9,11H2,1H3,(H,19,22). The van der Waals surface area contributed by atoms with E-state index in [1.807, 2.05) is 6.07 Å². The normalized spacial score (nSPS) is 17.0. The first-order valence-corrected chi connectivity index (χ1v) is 8.21. The highest BCUT2D eigenvalue weighted by atomic mass is 16.2. The van der Waals surface area contributed by atoms with Crippen LogP contribution < -0.4 is 10.6 Å². The summed E-state index contributed by atoms with van der Waals surface area (Å²) >= 11 is 0. The number of nitrogens with one attached hydrogen (secondary N) is 2. The average molecular weight is 330 g/mol. The van der Waals surface area contributed by atoms with Crippen molar-refractivity contribution in [3.63, 3.8) is 0 Å². The smallest absolute Gasteiger partial charge is 0.254 e. The van der Waals surface area contributed by atoms with Crippen LogP contribution in [0.15, 0.2) is 18.2 Å². The van der Waals surface area contributed by atoms with Gasteiger partial charge in [0.1, 0.15) is 0 Å². The van der Waals surface area contributed by atoms with Crippen LogP contribution in [0, 0.1) is 0 Å². The van der Waals surface area contributed by atoms with Gasteiger partial charge in [-0.15, -0.1) is 0 Å². The number of rotatable bonds is 3. The third-order valence-electron chi connectivity index (χ3n) is 4.44. The van der Waals surface area contributed by atoms with E-state index in [1.165, 1.54) is 4.90 Å². The van der Waals surface area contributed by atoms with Crippen LogP contribution >= 0.6 is 0 Å². The van der Waals surface area contributed by atoms with E-state index in [4.69, 9.17) is 0 Å². The van der Waals surface area contributed by atoms with Gasteiger partial charge in [0.2, 0.25) is 11.8 Å². The Balaban J connectivity index is 1.65. The number of piperazine rings is 1. The number of amides is 3. The number of carbonyl (C=O) groups excluding carboxylic acids is 3. The van der Waals surface area contributed by atoms with Crippen LogP contribution in [0.3, 0.4) is 0 Å². The molecule has 7 nitrogen and oxygen atoms in total. The van der Waals surface area contributed by atoms with E-state index in [1.54, 1.807) is 24.1 Å². The minimum absolute atomic E-state index is 0.000289. The molecule has 1 fully saturated rings. The van der Waals surface area contributed by atoms with Crippen molar-refractivity contribution in [2.24, 2.45) is 0 Å². The van der Waals surface area contributed by atoms with Gasteiger partial charge in [-0.2, -0.15) is 0 Å². The van der Waals surface area contributed by atoms with Gasteiger partial charge in [0.15, 0.2) is 0 Å². The van der Waals surface area contributed by atoms with Crippen molar-refractivity contribution < 1.29 is 14.4 Å². The predicted octanol–water partition coefficient (Wildman–Crippen LogP) is 0.0751. The molecule has 0 saturated carbocycles. The highest BCUT2D eigenvalue weighted by Crippen LogP contribution is 2.24. The minimum atomic E-state index is -0.182. The van der Waals surface area contributed by atoms with Crippen molar-refractivity contribution in [3.05, 3.63) is 29.3 Å². The van der Waals surface area contributed by atoms with E-state index in [2.05, 4.69) is 10.6 Å². The molecule has 128 valence electrons. The molecule has 0 radical (unpaired) electrons. The second kappa shape index (κ2) is 7.00. The molecule has 7 heteroatoms. The van der Waals surface area contributed by atoms with E-state index < -0.39 is 0 Å². The summed E-state index contributed by atoms with van der Waals surface area (Å²) in [7, 11) is 1.64. The number of hydrogen-bond donors (Lipinski definition) is 2. The fourth-order valence-corrected chi connectivity index (χ4v) is 3.03. The second-order valence-corrected chi connectivity index (χ2v) is 6.21. The summed E-state index contributed by atoms with van der Waals surface area (Å²) in [5.74, 6) is -0.212. The summed E-state index contributed by atoms with van der Waals surface area (Å²) in [5, 5.41) is 6.00. The van der Waals surface area contributed by atoms with Crippen molar-refractivity contribution in [3.8, 4) is 0 Å². The Morgan fingerprint density at radius 2 is 1.96 bits per heavy atom. The number of nitrogens with zero attached hydrogens (tertiary/aromatic N) is 2. The van der Waals surface area contributed by atoms with Crippen LogP contribution in [0.2, 0.25) is 0 Å². The van der Waals surface area contributed by atoms with Crippen LogP contribution in [0.5, 0.6) is 0 Å². The molecule has 2 N–H and O–H groups in total. The molecule has 1 aromatic carbocycles. The largest absolute Gasteiger partial charge is 0.339 e. The molecule has 0 spiro atoms. The molecule has 0 atom stereocenters. The molecule has 2 heterocycles. The SMILES string of the molecule is CN(CC(=O)N1CCNCC1)C(=O)c1ccc2c(c1)CCC(=O)N2. The Morgan fingerprint density at radius 3 is 2.71 bits per heavy atom. The molecule has 0 unspecified atom stereocenters. The summed E-state index contributed by atoms with van der Waals surface area (Å²) in [6, 6.07) is 5.26. The van der Waals surface area contributed by atoms with Gasteiger partial charge < -0.3 is 20.4 Å². The van der Waals surface area contributed by atoms with Gasteiger partial charge in [0.25, 0.3) is 5.91 Å². The number of benzene rings is 1. The first-order chi connectivity index (χ1) is 11.5. The highest BCUT2D eigenvalue weighted by molar-refractivity contribution is 5.99. The molecule has 2 aliphatic heterocycles. The van der Waals surface area contributed by atoms with Crippen LogP contribution in [-0.4, -0.2) is 67.3 Å². The van der Waals surface area contributed by atoms with E-state index in [0.717, 1.165) is 24.3 Å². The maximum absolute atomic E-state index is 12.6. The Kier molecular flexibility index (Phi) is 4.80.